The number of carbonyl (C=O) groups excluding carboxylic acids is 2. The molecule has 1 N–H and O–H groups in total. The van der Waals surface area contributed by atoms with Crippen molar-refractivity contribution < 1.29 is 19.1 Å². The number of nitrogens with zero attached hydrogens (tertiary/aromatic N) is 1. The second kappa shape index (κ2) is 7.22. The number of ether oxygens (including phenoxy) is 2. The van der Waals surface area contributed by atoms with E-state index in [-0.39, 0.29) is 30.6 Å². The maximum absolute atomic E-state index is 12.6. The Hall–Kier alpha value is -2.24. The highest BCUT2D eigenvalue weighted by Gasteiger charge is 2.51. The van der Waals surface area contributed by atoms with Crippen molar-refractivity contribution in [1.82, 2.24) is 10.2 Å². The minimum atomic E-state index is -0.0819. The zero-order valence-corrected chi connectivity index (χ0v) is 17.1. The molecule has 4 saturated carbocycles. The molecule has 4 bridgehead atoms. The van der Waals surface area contributed by atoms with Crippen molar-refractivity contribution in [2.45, 2.75) is 51.5 Å². The van der Waals surface area contributed by atoms with Gasteiger partial charge in [-0.1, -0.05) is 6.07 Å². The number of rotatable bonds is 6. The Balaban J connectivity index is 1.11. The quantitative estimate of drug-likeness (QED) is 0.800. The number of amides is 2. The largest absolute Gasteiger partial charge is 0.454 e. The van der Waals surface area contributed by atoms with Crippen LogP contribution in [0.4, 0.5) is 0 Å². The number of hydrogen-bond acceptors (Lipinski definition) is 4. The van der Waals surface area contributed by atoms with Crippen LogP contribution in [-0.4, -0.2) is 37.1 Å². The summed E-state index contributed by atoms with van der Waals surface area (Å²) >= 11 is 0. The minimum absolute atomic E-state index is 0.0387. The van der Waals surface area contributed by atoms with E-state index in [1.165, 1.54) is 38.5 Å². The Labute approximate surface area is 171 Å². The number of likely N-dealkylation sites (N-methyl/N-ethyl adjacent to an activating group) is 1. The molecule has 1 heterocycles. The zero-order valence-electron chi connectivity index (χ0n) is 17.1. The van der Waals surface area contributed by atoms with Crippen molar-refractivity contribution in [3.05, 3.63) is 23.8 Å². The van der Waals surface area contributed by atoms with Crippen molar-refractivity contribution in [2.75, 3.05) is 20.4 Å². The summed E-state index contributed by atoms with van der Waals surface area (Å²) in [6.45, 7) is 0.774. The molecular formula is C23H30N2O4. The van der Waals surface area contributed by atoms with Crippen molar-refractivity contribution in [3.63, 3.8) is 0 Å². The SMILES string of the molecule is CN(Cc1ccc2c(c1)OCO2)C(=O)CNC(=O)CC12CC3CC(CC(C3)C1)C2. The van der Waals surface area contributed by atoms with Gasteiger partial charge in [-0.25, -0.2) is 0 Å². The van der Waals surface area contributed by atoms with Crippen LogP contribution in [0.25, 0.3) is 0 Å². The van der Waals surface area contributed by atoms with Crippen molar-refractivity contribution in [1.29, 1.82) is 0 Å². The van der Waals surface area contributed by atoms with E-state index in [1.807, 2.05) is 18.2 Å². The fourth-order valence-corrected chi connectivity index (χ4v) is 6.62. The van der Waals surface area contributed by atoms with Crippen LogP contribution in [0.3, 0.4) is 0 Å². The molecule has 29 heavy (non-hydrogen) atoms. The predicted molar refractivity (Wildman–Crippen MR) is 107 cm³/mol. The molecular weight excluding hydrogens is 368 g/mol. The Morgan fingerprint density at radius 1 is 1.07 bits per heavy atom. The lowest BCUT2D eigenvalue weighted by Crippen LogP contribution is -2.48. The van der Waals surface area contributed by atoms with E-state index in [2.05, 4.69) is 5.32 Å². The van der Waals surface area contributed by atoms with E-state index >= 15 is 0 Å². The summed E-state index contributed by atoms with van der Waals surface area (Å²) in [5.41, 5.74) is 1.19. The molecule has 0 radical (unpaired) electrons. The topological polar surface area (TPSA) is 67.9 Å². The van der Waals surface area contributed by atoms with E-state index in [9.17, 15) is 9.59 Å². The minimum Gasteiger partial charge on any atom is -0.454 e. The molecule has 0 saturated heterocycles. The fourth-order valence-electron chi connectivity index (χ4n) is 6.62. The van der Waals surface area contributed by atoms with Gasteiger partial charge < -0.3 is 19.7 Å². The summed E-state index contributed by atoms with van der Waals surface area (Å²) in [7, 11) is 1.76. The van der Waals surface area contributed by atoms with Crippen LogP contribution in [0.5, 0.6) is 11.5 Å². The van der Waals surface area contributed by atoms with Gasteiger partial charge in [0.2, 0.25) is 18.6 Å². The van der Waals surface area contributed by atoms with Gasteiger partial charge in [-0.05, 0) is 79.4 Å². The summed E-state index contributed by atoms with van der Waals surface area (Å²) in [6, 6.07) is 5.70. The normalized spacial score (nSPS) is 31.0. The molecule has 156 valence electrons. The Bertz CT molecular complexity index is 786. The summed E-state index contributed by atoms with van der Waals surface area (Å²) < 4.78 is 10.7. The summed E-state index contributed by atoms with van der Waals surface area (Å²) in [5.74, 6) is 3.92. The predicted octanol–water partition coefficient (Wildman–Crippen LogP) is 3.10. The maximum Gasteiger partial charge on any atom is 0.242 e. The smallest absolute Gasteiger partial charge is 0.242 e. The Morgan fingerprint density at radius 3 is 2.41 bits per heavy atom. The molecule has 0 aromatic heterocycles. The third-order valence-corrected chi connectivity index (χ3v) is 7.42. The molecule has 4 fully saturated rings. The fraction of sp³-hybridized carbons (Fsp3) is 0.652. The van der Waals surface area contributed by atoms with Crippen LogP contribution in [0.1, 0.15) is 50.5 Å². The average Bonchev–Trinajstić information content (AvgIpc) is 3.12. The lowest BCUT2D eigenvalue weighted by molar-refractivity contribution is -0.135. The van der Waals surface area contributed by atoms with Crippen LogP contribution < -0.4 is 14.8 Å². The number of nitrogens with one attached hydrogen (secondary N) is 1. The van der Waals surface area contributed by atoms with Gasteiger partial charge in [-0.2, -0.15) is 0 Å². The molecule has 6 rings (SSSR count). The lowest BCUT2D eigenvalue weighted by Gasteiger charge is -2.56. The van der Waals surface area contributed by atoms with Crippen molar-refractivity contribution >= 4 is 11.8 Å². The Morgan fingerprint density at radius 2 is 1.72 bits per heavy atom. The first kappa shape index (κ1) is 18.8. The van der Waals surface area contributed by atoms with Gasteiger partial charge in [0.05, 0.1) is 6.54 Å². The lowest BCUT2D eigenvalue weighted by atomic mass is 9.49. The van der Waals surface area contributed by atoms with Crippen LogP contribution in [0, 0.1) is 23.2 Å². The molecule has 0 atom stereocenters. The third-order valence-electron chi connectivity index (χ3n) is 7.42. The van der Waals surface area contributed by atoms with Gasteiger partial charge in [0.15, 0.2) is 11.5 Å². The van der Waals surface area contributed by atoms with Gasteiger partial charge in [-0.3, -0.25) is 9.59 Å². The molecule has 2 amide bonds. The monoisotopic (exact) mass is 398 g/mol. The van der Waals surface area contributed by atoms with Crippen LogP contribution >= 0.6 is 0 Å². The number of benzene rings is 1. The van der Waals surface area contributed by atoms with Gasteiger partial charge in [0.25, 0.3) is 0 Å². The van der Waals surface area contributed by atoms with E-state index in [0.717, 1.165) is 29.1 Å². The average molecular weight is 399 g/mol. The molecule has 6 heteroatoms. The first-order chi connectivity index (χ1) is 14.0. The zero-order chi connectivity index (χ0) is 20.0. The molecule has 6 nitrogen and oxygen atoms in total. The van der Waals surface area contributed by atoms with Crippen LogP contribution in [0.15, 0.2) is 18.2 Å². The van der Waals surface area contributed by atoms with Crippen molar-refractivity contribution in [2.24, 2.45) is 23.2 Å². The number of hydrogen-bond donors (Lipinski definition) is 1. The molecule has 4 aliphatic carbocycles. The van der Waals surface area contributed by atoms with Gasteiger partial charge >= 0.3 is 0 Å². The highest BCUT2D eigenvalue weighted by Crippen LogP contribution is 2.61. The summed E-state index contributed by atoms with van der Waals surface area (Å²) in [5, 5.41) is 2.89. The third kappa shape index (κ3) is 3.81. The van der Waals surface area contributed by atoms with Gasteiger partial charge in [-0.15, -0.1) is 0 Å². The standard InChI is InChI=1S/C23H30N2O4/c1-25(13-15-2-3-19-20(7-15)29-14-28-19)22(27)12-24-21(26)11-23-8-16-4-17(9-23)6-18(5-16)10-23/h2-3,7,16-18H,4-6,8-14H2,1H3,(H,24,26). The van der Waals surface area contributed by atoms with E-state index < -0.39 is 0 Å². The molecule has 1 aromatic rings. The molecule has 1 aromatic carbocycles. The summed E-state index contributed by atoms with van der Waals surface area (Å²) in [6.07, 6.45) is 8.37. The highest BCUT2D eigenvalue weighted by molar-refractivity contribution is 5.85. The van der Waals surface area contributed by atoms with Gasteiger partial charge in [0, 0.05) is 20.0 Å². The van der Waals surface area contributed by atoms with E-state index in [4.69, 9.17) is 9.47 Å². The number of fused-ring (bicyclic) bond motifs is 1. The Kier molecular flexibility index (Phi) is 4.67. The summed E-state index contributed by atoms with van der Waals surface area (Å²) in [4.78, 5) is 26.8. The number of carbonyl (C=O) groups is 2. The van der Waals surface area contributed by atoms with E-state index in [1.54, 1.807) is 11.9 Å². The first-order valence-corrected chi connectivity index (χ1v) is 10.9. The maximum atomic E-state index is 12.6. The van der Waals surface area contributed by atoms with Gasteiger partial charge in [0.1, 0.15) is 0 Å². The molecule has 5 aliphatic rings. The molecule has 0 spiro atoms. The van der Waals surface area contributed by atoms with E-state index in [0.29, 0.717) is 18.7 Å². The molecule has 1 aliphatic heterocycles. The highest BCUT2D eigenvalue weighted by atomic mass is 16.7. The van der Waals surface area contributed by atoms with Crippen LogP contribution in [0.2, 0.25) is 0 Å². The second-order valence-electron chi connectivity index (χ2n) is 9.81. The first-order valence-electron chi connectivity index (χ1n) is 10.9. The molecule has 0 unspecified atom stereocenters. The van der Waals surface area contributed by atoms with Crippen LogP contribution in [-0.2, 0) is 16.1 Å². The second-order valence-corrected chi connectivity index (χ2v) is 9.81. The van der Waals surface area contributed by atoms with Crippen molar-refractivity contribution in [3.8, 4) is 11.5 Å².